The van der Waals surface area contributed by atoms with Crippen LogP contribution in [0.1, 0.15) is 12.5 Å². The smallest absolute Gasteiger partial charge is 0.239 e. The van der Waals surface area contributed by atoms with Gasteiger partial charge in [-0.1, -0.05) is 30.3 Å². The van der Waals surface area contributed by atoms with Crippen molar-refractivity contribution >= 4 is 16.8 Å². The monoisotopic (exact) mass is 322 g/mol. The Labute approximate surface area is 142 Å². The molecule has 4 nitrogen and oxygen atoms in total. The SMILES string of the molecule is CCOc1ccc2c(ccn2CC(=O)NCCc2ccccc2)c1. The summed E-state index contributed by atoms with van der Waals surface area (Å²) >= 11 is 0. The summed E-state index contributed by atoms with van der Waals surface area (Å²) in [5, 5.41) is 4.06. The van der Waals surface area contributed by atoms with Crippen molar-refractivity contribution in [3.8, 4) is 5.75 Å². The van der Waals surface area contributed by atoms with E-state index < -0.39 is 0 Å². The van der Waals surface area contributed by atoms with Crippen LogP contribution in [-0.4, -0.2) is 23.6 Å². The number of ether oxygens (including phenoxy) is 1. The second-order valence-corrected chi connectivity index (χ2v) is 5.68. The van der Waals surface area contributed by atoms with E-state index in [0.29, 0.717) is 19.7 Å². The zero-order valence-corrected chi connectivity index (χ0v) is 13.9. The third-order valence-electron chi connectivity index (χ3n) is 3.95. The summed E-state index contributed by atoms with van der Waals surface area (Å²) in [7, 11) is 0. The summed E-state index contributed by atoms with van der Waals surface area (Å²) in [6.07, 6.45) is 2.79. The Bertz CT molecular complexity index is 809. The van der Waals surface area contributed by atoms with E-state index in [1.807, 2.05) is 60.2 Å². The molecule has 4 heteroatoms. The summed E-state index contributed by atoms with van der Waals surface area (Å²) in [6.45, 7) is 3.59. The van der Waals surface area contributed by atoms with Gasteiger partial charge in [-0.05, 0) is 43.2 Å². The molecule has 1 aromatic heterocycles. The second kappa shape index (κ2) is 7.68. The number of fused-ring (bicyclic) bond motifs is 1. The highest BCUT2D eigenvalue weighted by atomic mass is 16.5. The van der Waals surface area contributed by atoms with E-state index in [1.165, 1.54) is 5.56 Å². The largest absolute Gasteiger partial charge is 0.494 e. The molecule has 1 amide bonds. The fourth-order valence-corrected chi connectivity index (χ4v) is 2.77. The van der Waals surface area contributed by atoms with Crippen molar-refractivity contribution in [3.05, 3.63) is 66.4 Å². The van der Waals surface area contributed by atoms with Crippen LogP contribution in [0.5, 0.6) is 5.75 Å². The first-order valence-electron chi connectivity index (χ1n) is 8.28. The van der Waals surface area contributed by atoms with Crippen LogP contribution < -0.4 is 10.1 Å². The first kappa shape index (κ1) is 16.1. The molecular formula is C20H22N2O2. The molecular weight excluding hydrogens is 300 g/mol. The van der Waals surface area contributed by atoms with Gasteiger partial charge >= 0.3 is 0 Å². The molecule has 0 fully saturated rings. The van der Waals surface area contributed by atoms with Crippen LogP contribution in [0.2, 0.25) is 0 Å². The van der Waals surface area contributed by atoms with Crippen molar-refractivity contribution in [2.24, 2.45) is 0 Å². The van der Waals surface area contributed by atoms with Crippen LogP contribution in [0.4, 0.5) is 0 Å². The van der Waals surface area contributed by atoms with Crippen LogP contribution >= 0.6 is 0 Å². The minimum Gasteiger partial charge on any atom is -0.494 e. The zero-order chi connectivity index (χ0) is 16.8. The standard InChI is InChI=1S/C20H22N2O2/c1-2-24-18-8-9-19-17(14-18)11-13-22(19)15-20(23)21-12-10-16-6-4-3-5-7-16/h3-9,11,13-14H,2,10,12,15H2,1H3,(H,21,23). The van der Waals surface area contributed by atoms with Gasteiger partial charge in [0.1, 0.15) is 12.3 Å². The first-order chi connectivity index (χ1) is 11.8. The van der Waals surface area contributed by atoms with E-state index in [9.17, 15) is 4.79 Å². The van der Waals surface area contributed by atoms with Gasteiger partial charge in [-0.25, -0.2) is 0 Å². The number of nitrogens with zero attached hydrogens (tertiary/aromatic N) is 1. The number of rotatable bonds is 7. The summed E-state index contributed by atoms with van der Waals surface area (Å²) in [4.78, 5) is 12.2. The number of hydrogen-bond acceptors (Lipinski definition) is 2. The Morgan fingerprint density at radius 2 is 1.96 bits per heavy atom. The molecule has 3 aromatic rings. The van der Waals surface area contributed by atoms with Gasteiger partial charge in [-0.15, -0.1) is 0 Å². The molecule has 124 valence electrons. The normalized spacial score (nSPS) is 10.7. The van der Waals surface area contributed by atoms with Crippen LogP contribution in [-0.2, 0) is 17.8 Å². The fraction of sp³-hybridized carbons (Fsp3) is 0.250. The summed E-state index contributed by atoms with van der Waals surface area (Å²) < 4.78 is 7.47. The van der Waals surface area contributed by atoms with E-state index in [1.54, 1.807) is 0 Å². The van der Waals surface area contributed by atoms with Gasteiger partial charge in [0.05, 0.1) is 6.61 Å². The van der Waals surface area contributed by atoms with Crippen LogP contribution in [0, 0.1) is 0 Å². The molecule has 2 aromatic carbocycles. The second-order valence-electron chi connectivity index (χ2n) is 5.68. The number of carbonyl (C=O) groups is 1. The van der Waals surface area contributed by atoms with Crippen molar-refractivity contribution in [2.45, 2.75) is 19.9 Å². The van der Waals surface area contributed by atoms with Gasteiger partial charge in [0.15, 0.2) is 0 Å². The topological polar surface area (TPSA) is 43.3 Å². The predicted molar refractivity (Wildman–Crippen MR) is 96.3 cm³/mol. The molecule has 0 saturated heterocycles. The average Bonchev–Trinajstić information content (AvgIpc) is 2.98. The van der Waals surface area contributed by atoms with Crippen molar-refractivity contribution in [1.29, 1.82) is 0 Å². The van der Waals surface area contributed by atoms with E-state index in [0.717, 1.165) is 23.1 Å². The van der Waals surface area contributed by atoms with Crippen LogP contribution in [0.15, 0.2) is 60.8 Å². The maximum atomic E-state index is 12.2. The average molecular weight is 322 g/mol. The highest BCUT2D eigenvalue weighted by molar-refractivity contribution is 5.84. The molecule has 0 saturated carbocycles. The lowest BCUT2D eigenvalue weighted by Crippen LogP contribution is -2.29. The Balaban J connectivity index is 1.57. The number of carbonyl (C=O) groups excluding carboxylic acids is 1. The quantitative estimate of drug-likeness (QED) is 0.724. The van der Waals surface area contributed by atoms with E-state index in [-0.39, 0.29) is 5.91 Å². The minimum atomic E-state index is 0.0253. The maximum Gasteiger partial charge on any atom is 0.239 e. The molecule has 0 aliphatic heterocycles. The molecule has 0 aliphatic rings. The summed E-state index contributed by atoms with van der Waals surface area (Å²) in [5.74, 6) is 0.882. The maximum absolute atomic E-state index is 12.2. The molecule has 1 N–H and O–H groups in total. The van der Waals surface area contributed by atoms with E-state index >= 15 is 0 Å². The Morgan fingerprint density at radius 1 is 1.12 bits per heavy atom. The Kier molecular flexibility index (Phi) is 5.16. The van der Waals surface area contributed by atoms with E-state index in [2.05, 4.69) is 17.4 Å². The highest BCUT2D eigenvalue weighted by Crippen LogP contribution is 2.22. The molecule has 1 heterocycles. The fourth-order valence-electron chi connectivity index (χ4n) is 2.77. The van der Waals surface area contributed by atoms with Crippen LogP contribution in [0.3, 0.4) is 0 Å². The molecule has 0 atom stereocenters. The van der Waals surface area contributed by atoms with Crippen molar-refractivity contribution in [2.75, 3.05) is 13.2 Å². The molecule has 0 unspecified atom stereocenters. The lowest BCUT2D eigenvalue weighted by atomic mass is 10.1. The Hall–Kier alpha value is -2.75. The van der Waals surface area contributed by atoms with Crippen LogP contribution in [0.25, 0.3) is 10.9 Å². The lowest BCUT2D eigenvalue weighted by molar-refractivity contribution is -0.121. The number of benzene rings is 2. The Morgan fingerprint density at radius 3 is 2.75 bits per heavy atom. The number of nitrogens with one attached hydrogen (secondary N) is 1. The molecule has 0 aliphatic carbocycles. The van der Waals surface area contributed by atoms with Gasteiger partial charge in [0.2, 0.25) is 5.91 Å². The molecule has 0 spiro atoms. The van der Waals surface area contributed by atoms with Gasteiger partial charge < -0.3 is 14.6 Å². The van der Waals surface area contributed by atoms with Crippen molar-refractivity contribution in [1.82, 2.24) is 9.88 Å². The predicted octanol–water partition coefficient (Wildman–Crippen LogP) is 3.40. The van der Waals surface area contributed by atoms with Crippen molar-refractivity contribution < 1.29 is 9.53 Å². The molecule has 24 heavy (non-hydrogen) atoms. The van der Waals surface area contributed by atoms with E-state index in [4.69, 9.17) is 4.74 Å². The number of aromatic nitrogens is 1. The van der Waals surface area contributed by atoms with Gasteiger partial charge in [-0.3, -0.25) is 4.79 Å². The third-order valence-corrected chi connectivity index (χ3v) is 3.95. The molecule has 3 rings (SSSR count). The summed E-state index contributed by atoms with van der Waals surface area (Å²) in [6, 6.07) is 18.1. The minimum absolute atomic E-state index is 0.0253. The van der Waals surface area contributed by atoms with Gasteiger partial charge in [-0.2, -0.15) is 0 Å². The number of hydrogen-bond donors (Lipinski definition) is 1. The zero-order valence-electron chi connectivity index (χ0n) is 13.9. The highest BCUT2D eigenvalue weighted by Gasteiger charge is 2.07. The lowest BCUT2D eigenvalue weighted by Gasteiger charge is -2.08. The summed E-state index contributed by atoms with van der Waals surface area (Å²) in [5.41, 5.74) is 2.27. The third kappa shape index (κ3) is 3.96. The number of amides is 1. The van der Waals surface area contributed by atoms with Crippen molar-refractivity contribution in [3.63, 3.8) is 0 Å². The molecule has 0 radical (unpaired) electrons. The first-order valence-corrected chi connectivity index (χ1v) is 8.28. The van der Waals surface area contributed by atoms with Gasteiger partial charge in [0.25, 0.3) is 0 Å². The van der Waals surface area contributed by atoms with Gasteiger partial charge in [0, 0.05) is 23.6 Å². The molecule has 0 bridgehead atoms.